The van der Waals surface area contributed by atoms with E-state index in [0.29, 0.717) is 0 Å². The zero-order chi connectivity index (χ0) is 14.8. The minimum Gasteiger partial charge on any atom is -0.304 e. The molecule has 0 aliphatic heterocycles. The predicted octanol–water partition coefficient (Wildman–Crippen LogP) is 4.73. The van der Waals surface area contributed by atoms with E-state index in [4.69, 9.17) is 4.98 Å². The number of thiazole rings is 1. The van der Waals surface area contributed by atoms with Crippen LogP contribution in [-0.4, -0.2) is 11.5 Å². The van der Waals surface area contributed by atoms with Crippen LogP contribution in [0.4, 0.5) is 0 Å². The van der Waals surface area contributed by atoms with Gasteiger partial charge in [-0.05, 0) is 56.7 Å². The average molecular weight is 300 g/mol. The predicted molar refractivity (Wildman–Crippen MR) is 90.1 cm³/mol. The molecule has 1 aromatic heterocycles. The number of nitrogens with zero attached hydrogens (tertiary/aromatic N) is 1. The Morgan fingerprint density at radius 3 is 2.48 bits per heavy atom. The van der Waals surface area contributed by atoms with Gasteiger partial charge >= 0.3 is 0 Å². The van der Waals surface area contributed by atoms with Crippen LogP contribution in [0.5, 0.6) is 0 Å². The summed E-state index contributed by atoms with van der Waals surface area (Å²) in [4.78, 5) is 6.09. The van der Waals surface area contributed by atoms with E-state index in [2.05, 4.69) is 50.4 Å². The van der Waals surface area contributed by atoms with Gasteiger partial charge in [-0.25, -0.2) is 4.98 Å². The van der Waals surface area contributed by atoms with E-state index in [9.17, 15) is 0 Å². The molecule has 0 amide bonds. The van der Waals surface area contributed by atoms with Crippen molar-refractivity contribution >= 4 is 11.3 Å². The fourth-order valence-electron chi connectivity index (χ4n) is 2.63. The maximum absolute atomic E-state index is 4.77. The lowest BCUT2D eigenvalue weighted by Gasteiger charge is -2.17. The van der Waals surface area contributed by atoms with E-state index in [1.165, 1.54) is 33.9 Å². The second-order valence-corrected chi connectivity index (χ2v) is 7.26. The first-order valence-corrected chi connectivity index (χ1v) is 8.78. The van der Waals surface area contributed by atoms with Gasteiger partial charge in [0, 0.05) is 4.88 Å². The molecule has 1 atom stereocenters. The molecule has 1 aliphatic carbocycles. The monoisotopic (exact) mass is 300 g/mol. The van der Waals surface area contributed by atoms with Crippen molar-refractivity contribution in [3.05, 3.63) is 51.0 Å². The largest absolute Gasteiger partial charge is 0.304 e. The fraction of sp³-hybridized carbons (Fsp3) is 0.500. The molecule has 3 heteroatoms. The van der Waals surface area contributed by atoms with Crippen LogP contribution in [-0.2, 0) is 0 Å². The first-order valence-electron chi connectivity index (χ1n) is 7.96. The van der Waals surface area contributed by atoms with E-state index < -0.39 is 0 Å². The highest BCUT2D eigenvalue weighted by Gasteiger charge is 2.24. The van der Waals surface area contributed by atoms with E-state index in [1.807, 2.05) is 11.3 Å². The number of nitrogens with one attached hydrogen (secondary N) is 1. The Morgan fingerprint density at radius 2 is 1.95 bits per heavy atom. The van der Waals surface area contributed by atoms with Crippen LogP contribution in [0.3, 0.4) is 0 Å². The number of aromatic nitrogens is 1. The van der Waals surface area contributed by atoms with Gasteiger partial charge < -0.3 is 5.32 Å². The maximum Gasteiger partial charge on any atom is 0.115 e. The van der Waals surface area contributed by atoms with Crippen LogP contribution >= 0.6 is 11.3 Å². The van der Waals surface area contributed by atoms with Crippen LogP contribution in [0, 0.1) is 13.8 Å². The summed E-state index contributed by atoms with van der Waals surface area (Å²) in [6.45, 7) is 7.48. The quantitative estimate of drug-likeness (QED) is 0.834. The number of rotatable bonds is 6. The van der Waals surface area contributed by atoms with Gasteiger partial charge in [-0.2, -0.15) is 0 Å². The summed E-state index contributed by atoms with van der Waals surface area (Å²) in [5.41, 5.74) is 3.99. The standard InChI is InChI=1S/C18H24N2S/c1-4-11-19-17(18-20-12(2)13(3)21-18)16-9-7-15(8-10-16)14-5-6-14/h7-10,14,17,19H,4-6,11H2,1-3H3. The summed E-state index contributed by atoms with van der Waals surface area (Å²) in [5.74, 6) is 0.824. The van der Waals surface area contributed by atoms with Crippen LogP contribution in [0.1, 0.15) is 64.9 Å². The third kappa shape index (κ3) is 3.35. The van der Waals surface area contributed by atoms with Crippen molar-refractivity contribution in [1.82, 2.24) is 10.3 Å². The molecule has 2 aromatic rings. The Kier molecular flexibility index (Phi) is 4.41. The normalized spacial score (nSPS) is 16.1. The topological polar surface area (TPSA) is 24.9 Å². The molecule has 21 heavy (non-hydrogen) atoms. The van der Waals surface area contributed by atoms with Crippen LogP contribution in [0.25, 0.3) is 0 Å². The third-order valence-electron chi connectivity index (χ3n) is 4.21. The summed E-state index contributed by atoms with van der Waals surface area (Å²) in [6.07, 6.45) is 3.86. The van der Waals surface area contributed by atoms with Crippen LogP contribution in [0.2, 0.25) is 0 Å². The molecule has 1 aliphatic rings. The Bertz CT molecular complexity index is 577. The molecule has 0 radical (unpaired) electrons. The minimum absolute atomic E-state index is 0.232. The van der Waals surface area contributed by atoms with Gasteiger partial charge in [0.1, 0.15) is 5.01 Å². The average Bonchev–Trinajstić information content (AvgIpc) is 3.28. The van der Waals surface area contributed by atoms with Crippen molar-refractivity contribution in [2.45, 2.75) is 52.0 Å². The van der Waals surface area contributed by atoms with Gasteiger partial charge in [-0.1, -0.05) is 31.2 Å². The first-order chi connectivity index (χ1) is 10.2. The minimum atomic E-state index is 0.232. The summed E-state index contributed by atoms with van der Waals surface area (Å²) in [5, 5.41) is 4.85. The second kappa shape index (κ2) is 6.29. The molecule has 0 bridgehead atoms. The summed E-state index contributed by atoms with van der Waals surface area (Å²) in [7, 11) is 0. The van der Waals surface area contributed by atoms with E-state index in [0.717, 1.165) is 24.6 Å². The molecular formula is C18H24N2S. The van der Waals surface area contributed by atoms with Crippen molar-refractivity contribution in [2.75, 3.05) is 6.54 Å². The molecule has 1 aromatic carbocycles. The Balaban J connectivity index is 1.86. The van der Waals surface area contributed by atoms with Gasteiger partial charge in [-0.15, -0.1) is 11.3 Å². The van der Waals surface area contributed by atoms with Crippen molar-refractivity contribution in [2.24, 2.45) is 0 Å². The summed E-state index contributed by atoms with van der Waals surface area (Å²) >= 11 is 1.82. The Hall–Kier alpha value is -1.19. The molecule has 3 rings (SSSR count). The van der Waals surface area contributed by atoms with E-state index >= 15 is 0 Å². The highest BCUT2D eigenvalue weighted by Crippen LogP contribution is 2.40. The van der Waals surface area contributed by atoms with Gasteiger partial charge in [0.15, 0.2) is 0 Å². The summed E-state index contributed by atoms with van der Waals surface area (Å²) in [6, 6.07) is 9.41. The second-order valence-electron chi connectivity index (χ2n) is 6.02. The smallest absolute Gasteiger partial charge is 0.115 e. The zero-order valence-electron chi connectivity index (χ0n) is 13.1. The van der Waals surface area contributed by atoms with Crippen LogP contribution < -0.4 is 5.32 Å². The lowest BCUT2D eigenvalue weighted by molar-refractivity contribution is 0.595. The lowest BCUT2D eigenvalue weighted by Crippen LogP contribution is -2.23. The highest BCUT2D eigenvalue weighted by atomic mass is 32.1. The molecule has 112 valence electrons. The SMILES string of the molecule is CCCNC(c1ccc(C2CC2)cc1)c1nc(C)c(C)s1. The number of hydrogen-bond acceptors (Lipinski definition) is 3. The van der Waals surface area contributed by atoms with Crippen LogP contribution in [0.15, 0.2) is 24.3 Å². The van der Waals surface area contributed by atoms with E-state index in [-0.39, 0.29) is 6.04 Å². The van der Waals surface area contributed by atoms with Gasteiger partial charge in [-0.3, -0.25) is 0 Å². The molecule has 1 N–H and O–H groups in total. The Labute approximate surface area is 131 Å². The number of aryl methyl sites for hydroxylation is 2. The van der Waals surface area contributed by atoms with Crippen molar-refractivity contribution in [3.8, 4) is 0 Å². The van der Waals surface area contributed by atoms with Gasteiger partial charge in [0.2, 0.25) is 0 Å². The maximum atomic E-state index is 4.77. The molecule has 0 spiro atoms. The molecule has 2 nitrogen and oxygen atoms in total. The molecule has 1 unspecified atom stereocenters. The molecule has 0 saturated heterocycles. The van der Waals surface area contributed by atoms with Crippen molar-refractivity contribution in [3.63, 3.8) is 0 Å². The Morgan fingerprint density at radius 1 is 1.24 bits per heavy atom. The van der Waals surface area contributed by atoms with Gasteiger partial charge in [0.05, 0.1) is 11.7 Å². The molecule has 1 saturated carbocycles. The third-order valence-corrected chi connectivity index (χ3v) is 5.35. The first kappa shape index (κ1) is 14.7. The fourth-order valence-corrected chi connectivity index (χ4v) is 3.66. The number of hydrogen-bond donors (Lipinski definition) is 1. The zero-order valence-corrected chi connectivity index (χ0v) is 14.0. The van der Waals surface area contributed by atoms with Gasteiger partial charge in [0.25, 0.3) is 0 Å². The molecule has 1 heterocycles. The lowest BCUT2D eigenvalue weighted by atomic mass is 10.0. The van der Waals surface area contributed by atoms with Crippen molar-refractivity contribution < 1.29 is 0 Å². The van der Waals surface area contributed by atoms with Crippen molar-refractivity contribution in [1.29, 1.82) is 0 Å². The molecular weight excluding hydrogens is 276 g/mol. The molecule has 1 fully saturated rings. The summed E-state index contributed by atoms with van der Waals surface area (Å²) < 4.78 is 0. The number of benzene rings is 1. The highest BCUT2D eigenvalue weighted by molar-refractivity contribution is 7.11. The van der Waals surface area contributed by atoms with E-state index in [1.54, 1.807) is 0 Å².